The van der Waals surface area contributed by atoms with Crippen LogP contribution in [0.3, 0.4) is 0 Å². The van der Waals surface area contributed by atoms with Gasteiger partial charge in [-0.3, -0.25) is 4.79 Å². The van der Waals surface area contributed by atoms with Crippen molar-refractivity contribution < 1.29 is 44.3 Å². The van der Waals surface area contributed by atoms with E-state index in [4.69, 9.17) is 0 Å². The van der Waals surface area contributed by atoms with Gasteiger partial charge in [0.25, 0.3) is 0 Å². The third kappa shape index (κ3) is 2.78. The molecule has 0 saturated heterocycles. The van der Waals surface area contributed by atoms with Gasteiger partial charge in [-0.05, 0) is 11.6 Å². The average Bonchev–Trinajstić information content (AvgIpc) is 1.98. The number of carbonyl (C=O) groups is 1. The van der Waals surface area contributed by atoms with Crippen molar-refractivity contribution in [2.75, 3.05) is 0 Å². The van der Waals surface area contributed by atoms with Crippen LogP contribution < -0.4 is 0 Å². The topological polar surface area (TPSA) is 17.1 Å². The lowest BCUT2D eigenvalue weighted by Gasteiger charge is -2.32. The highest BCUT2D eigenvalue weighted by atomic mass is 35.5. The summed E-state index contributed by atoms with van der Waals surface area (Å²) < 4.78 is 109. The zero-order valence-corrected chi connectivity index (χ0v) is 8.15. The molecule has 0 atom stereocenters. The van der Waals surface area contributed by atoms with E-state index in [0.717, 1.165) is 0 Å². The molecule has 0 bridgehead atoms. The van der Waals surface area contributed by atoms with Gasteiger partial charge in [-0.25, -0.2) is 0 Å². The Bertz CT molecular complexity index is 307. The molecule has 0 amide bonds. The molecular weight excluding hydrogens is 294 g/mol. The largest absolute Gasteiger partial charge is 0.460 e. The van der Waals surface area contributed by atoms with Gasteiger partial charge in [-0.2, -0.15) is 39.5 Å². The number of hydrogen-bond acceptors (Lipinski definition) is 1. The van der Waals surface area contributed by atoms with Gasteiger partial charge in [0.05, 0.1) is 6.42 Å². The third-order valence-electron chi connectivity index (χ3n) is 1.57. The number of alkyl halides is 9. The summed E-state index contributed by atoms with van der Waals surface area (Å²) in [6, 6.07) is 0. The standard InChI is InChI=1S/C6H2ClF9O/c7-2(17)1-3(8,9)4(10,11)5(12,13)6(14,15)16/h1H2. The molecule has 0 radical (unpaired) electrons. The van der Waals surface area contributed by atoms with Crippen molar-refractivity contribution in [1.29, 1.82) is 0 Å². The summed E-state index contributed by atoms with van der Waals surface area (Å²) in [6.07, 6.45) is -9.54. The van der Waals surface area contributed by atoms with Crippen LogP contribution >= 0.6 is 11.6 Å². The Morgan fingerprint density at radius 1 is 0.824 bits per heavy atom. The molecule has 0 N–H and O–H groups in total. The summed E-state index contributed by atoms with van der Waals surface area (Å²) in [5.41, 5.74) is 0. The van der Waals surface area contributed by atoms with Crippen LogP contribution in [0.25, 0.3) is 0 Å². The second-order valence-corrected chi connectivity index (χ2v) is 3.30. The summed E-state index contributed by atoms with van der Waals surface area (Å²) in [5.74, 6) is -19.7. The van der Waals surface area contributed by atoms with E-state index in [0.29, 0.717) is 0 Å². The predicted octanol–water partition coefficient (Wildman–Crippen LogP) is 3.61. The second kappa shape index (κ2) is 4.21. The van der Waals surface area contributed by atoms with Crippen LogP contribution in [0.5, 0.6) is 0 Å². The Morgan fingerprint density at radius 3 is 1.41 bits per heavy atom. The molecule has 0 spiro atoms. The van der Waals surface area contributed by atoms with Gasteiger partial charge in [-0.15, -0.1) is 0 Å². The molecule has 1 nitrogen and oxygen atoms in total. The first-order chi connectivity index (χ1) is 7.17. The van der Waals surface area contributed by atoms with Gasteiger partial charge < -0.3 is 0 Å². The highest BCUT2D eigenvalue weighted by Gasteiger charge is 2.81. The first-order valence-electron chi connectivity index (χ1n) is 3.55. The summed E-state index contributed by atoms with van der Waals surface area (Å²) in [4.78, 5) is 9.91. The zero-order valence-electron chi connectivity index (χ0n) is 7.39. The van der Waals surface area contributed by atoms with E-state index < -0.39 is 35.6 Å². The minimum absolute atomic E-state index is 2.17. The number of halogens is 10. The molecule has 0 aliphatic rings. The fourth-order valence-corrected chi connectivity index (χ4v) is 0.861. The van der Waals surface area contributed by atoms with E-state index >= 15 is 0 Å². The quantitative estimate of drug-likeness (QED) is 0.572. The van der Waals surface area contributed by atoms with Gasteiger partial charge in [0.2, 0.25) is 5.24 Å². The highest BCUT2D eigenvalue weighted by Crippen LogP contribution is 2.54. The van der Waals surface area contributed by atoms with E-state index in [-0.39, 0.29) is 0 Å². The van der Waals surface area contributed by atoms with Gasteiger partial charge in [-0.1, -0.05) is 0 Å². The molecule has 0 aliphatic heterocycles. The number of rotatable bonds is 4. The summed E-state index contributed by atoms with van der Waals surface area (Å²) in [7, 11) is 0. The Hall–Kier alpha value is -0.670. The molecule has 0 rings (SSSR count). The Kier molecular flexibility index (Phi) is 4.05. The normalized spacial score (nSPS) is 14.9. The van der Waals surface area contributed by atoms with E-state index in [9.17, 15) is 44.3 Å². The van der Waals surface area contributed by atoms with Crippen LogP contribution in [0, 0.1) is 0 Å². The number of carbonyl (C=O) groups excluding carboxylic acids is 1. The van der Waals surface area contributed by atoms with Crippen LogP contribution in [-0.2, 0) is 4.79 Å². The van der Waals surface area contributed by atoms with E-state index in [1.54, 1.807) is 0 Å². The van der Waals surface area contributed by atoms with E-state index in [1.807, 2.05) is 0 Å². The molecule has 11 heteroatoms. The lowest BCUT2D eigenvalue weighted by atomic mass is 10.0. The summed E-state index contributed by atoms with van der Waals surface area (Å²) in [6.45, 7) is 0. The highest BCUT2D eigenvalue weighted by molar-refractivity contribution is 6.63. The van der Waals surface area contributed by atoms with E-state index in [2.05, 4.69) is 11.6 Å². The summed E-state index contributed by atoms with van der Waals surface area (Å²) >= 11 is 4.25. The SMILES string of the molecule is O=C(Cl)CC(F)(F)C(F)(F)C(F)(F)C(F)(F)F. The zero-order chi connectivity index (χ0) is 14.3. The molecule has 0 aromatic carbocycles. The smallest absolute Gasteiger partial charge is 0.281 e. The van der Waals surface area contributed by atoms with Crippen molar-refractivity contribution in [1.82, 2.24) is 0 Å². The minimum atomic E-state index is -6.99. The molecule has 0 fully saturated rings. The summed E-state index contributed by atoms with van der Waals surface area (Å²) in [5, 5.41) is -2.17. The van der Waals surface area contributed by atoms with Crippen molar-refractivity contribution >= 4 is 16.8 Å². The van der Waals surface area contributed by atoms with Gasteiger partial charge in [0.1, 0.15) is 0 Å². The lowest BCUT2D eigenvalue weighted by Crippen LogP contribution is -2.61. The molecule has 0 saturated carbocycles. The molecular formula is C6H2ClF9O. The first-order valence-corrected chi connectivity index (χ1v) is 3.93. The van der Waals surface area contributed by atoms with Gasteiger partial charge in [0, 0.05) is 0 Å². The maximum absolute atomic E-state index is 12.4. The first kappa shape index (κ1) is 16.3. The molecule has 0 aromatic heterocycles. The van der Waals surface area contributed by atoms with Crippen LogP contribution in [0.2, 0.25) is 0 Å². The van der Waals surface area contributed by atoms with Crippen molar-refractivity contribution in [2.24, 2.45) is 0 Å². The lowest BCUT2D eigenvalue weighted by molar-refractivity contribution is -0.395. The molecule has 0 unspecified atom stereocenters. The minimum Gasteiger partial charge on any atom is -0.281 e. The Balaban J connectivity index is 5.47. The maximum Gasteiger partial charge on any atom is 0.460 e. The molecule has 0 aliphatic carbocycles. The Labute approximate surface area is 92.5 Å². The average molecular weight is 297 g/mol. The van der Waals surface area contributed by atoms with Crippen LogP contribution in [0.15, 0.2) is 0 Å². The van der Waals surface area contributed by atoms with Crippen LogP contribution in [0.4, 0.5) is 39.5 Å². The van der Waals surface area contributed by atoms with Crippen LogP contribution in [-0.4, -0.2) is 29.2 Å². The van der Waals surface area contributed by atoms with Crippen molar-refractivity contribution in [3.05, 3.63) is 0 Å². The maximum atomic E-state index is 12.4. The van der Waals surface area contributed by atoms with Crippen molar-refractivity contribution in [3.8, 4) is 0 Å². The van der Waals surface area contributed by atoms with Gasteiger partial charge >= 0.3 is 23.9 Å². The van der Waals surface area contributed by atoms with E-state index in [1.165, 1.54) is 0 Å². The second-order valence-electron chi connectivity index (χ2n) is 2.88. The van der Waals surface area contributed by atoms with Crippen LogP contribution in [0.1, 0.15) is 6.42 Å². The fraction of sp³-hybridized carbons (Fsp3) is 0.833. The molecule has 0 heterocycles. The van der Waals surface area contributed by atoms with Crippen molar-refractivity contribution in [2.45, 2.75) is 30.4 Å². The van der Waals surface area contributed by atoms with Gasteiger partial charge in [0.15, 0.2) is 0 Å². The monoisotopic (exact) mass is 296 g/mol. The fourth-order valence-electron chi connectivity index (χ4n) is 0.693. The molecule has 102 valence electrons. The van der Waals surface area contributed by atoms with Crippen molar-refractivity contribution in [3.63, 3.8) is 0 Å². The molecule has 0 aromatic rings. The number of hydrogen-bond donors (Lipinski definition) is 0. The predicted molar refractivity (Wildman–Crippen MR) is 36.4 cm³/mol. The molecule has 17 heavy (non-hydrogen) atoms. The Morgan fingerprint density at radius 2 is 1.18 bits per heavy atom. The third-order valence-corrected chi connectivity index (χ3v) is 1.70.